The number of anilines is 1. The van der Waals surface area contributed by atoms with Gasteiger partial charge in [-0.05, 0) is 104 Å². The first-order valence-electron chi connectivity index (χ1n) is 16.9. The van der Waals surface area contributed by atoms with E-state index in [2.05, 4.69) is 25.3 Å². The number of benzene rings is 3. The fourth-order valence-electron chi connectivity index (χ4n) is 6.56. The van der Waals surface area contributed by atoms with Crippen LogP contribution >= 0.6 is 0 Å². The third-order valence-corrected chi connectivity index (χ3v) is 11.4. The number of amides is 2. The van der Waals surface area contributed by atoms with E-state index in [0.717, 1.165) is 35.1 Å². The summed E-state index contributed by atoms with van der Waals surface area (Å²) in [5, 5.41) is 9.63. The lowest BCUT2D eigenvalue weighted by Crippen LogP contribution is -2.48. The summed E-state index contributed by atoms with van der Waals surface area (Å²) in [4.78, 5) is 41.4. The van der Waals surface area contributed by atoms with E-state index in [1.807, 2.05) is 31.2 Å². The van der Waals surface area contributed by atoms with Crippen molar-refractivity contribution in [2.45, 2.75) is 50.0 Å². The number of morpholine rings is 1. The minimum Gasteiger partial charge on any atom is -0.379 e. The number of aromatic nitrogens is 2. The van der Waals surface area contributed by atoms with Gasteiger partial charge in [0, 0.05) is 36.7 Å². The number of rotatable bonds is 11. The van der Waals surface area contributed by atoms with Gasteiger partial charge in [-0.1, -0.05) is 35.5 Å². The normalized spacial score (nSPS) is 19.1. The van der Waals surface area contributed by atoms with Crippen molar-refractivity contribution in [1.29, 1.82) is 0 Å². The van der Waals surface area contributed by atoms with Crippen molar-refractivity contribution < 1.29 is 27.3 Å². The van der Waals surface area contributed by atoms with Crippen LogP contribution in [0.5, 0.6) is 0 Å². The van der Waals surface area contributed by atoms with Crippen molar-refractivity contribution in [3.8, 4) is 22.5 Å². The van der Waals surface area contributed by atoms with Crippen LogP contribution in [-0.2, 0) is 30.8 Å². The standard InChI is InChI=1S/C36H42N6O7S/c1-23-5-14-30(50(46,47)42-15-17-48-18-16-42)21-31(23)28-4-2-3-25(19-28)20-32(39-34(43)27-8-6-24(22-37)7-9-27)35(44)38-29-12-10-26(11-13-29)33-40-36(45)49-41-33/h2-5,10-14,19,21,24,27,32H,6-9,15-18,20,22,37H2,1H3,(H,38,44)(H,39,43)(H,40,41,45)/t24?,27?,32-/m0/s1. The second kappa shape index (κ2) is 15.5. The van der Waals surface area contributed by atoms with Crippen LogP contribution < -0.4 is 22.1 Å². The van der Waals surface area contributed by atoms with Crippen molar-refractivity contribution in [3.05, 3.63) is 88.4 Å². The van der Waals surface area contributed by atoms with E-state index < -0.39 is 27.7 Å². The van der Waals surface area contributed by atoms with Gasteiger partial charge in [0.2, 0.25) is 21.8 Å². The third-order valence-electron chi connectivity index (χ3n) is 9.54. The lowest BCUT2D eigenvalue weighted by atomic mass is 9.81. The minimum absolute atomic E-state index is 0.168. The number of nitrogens with two attached hydrogens (primary N) is 1. The Morgan fingerprint density at radius 3 is 2.42 bits per heavy atom. The highest BCUT2D eigenvalue weighted by Crippen LogP contribution is 2.30. The number of carbonyl (C=O) groups is 2. The van der Waals surface area contributed by atoms with E-state index in [0.29, 0.717) is 62.9 Å². The minimum atomic E-state index is -3.70. The summed E-state index contributed by atoms with van der Waals surface area (Å²) in [6.45, 7) is 3.85. The molecule has 1 aliphatic carbocycles. The second-order valence-electron chi connectivity index (χ2n) is 12.9. The van der Waals surface area contributed by atoms with Crippen LogP contribution in [0.4, 0.5) is 5.69 Å². The zero-order valence-electron chi connectivity index (χ0n) is 27.9. The first-order chi connectivity index (χ1) is 24.1. The molecule has 13 nitrogen and oxygen atoms in total. The predicted molar refractivity (Wildman–Crippen MR) is 188 cm³/mol. The molecule has 1 saturated heterocycles. The number of aromatic amines is 1. The Balaban J connectivity index is 1.23. The number of hydrogen-bond acceptors (Lipinski definition) is 9. The molecule has 2 amide bonds. The third kappa shape index (κ3) is 8.21. The van der Waals surface area contributed by atoms with Gasteiger partial charge in [0.05, 0.1) is 18.1 Å². The first kappa shape index (κ1) is 35.2. The SMILES string of the molecule is Cc1ccc(S(=O)(=O)N2CCOCC2)cc1-c1cccc(C[C@H](NC(=O)C2CCC(CN)CC2)C(=O)Nc2ccc(-c3noc(=O)[nH]3)cc2)c1. The Labute approximate surface area is 290 Å². The van der Waals surface area contributed by atoms with Crippen LogP contribution in [0.2, 0.25) is 0 Å². The van der Waals surface area contributed by atoms with Crippen molar-refractivity contribution in [1.82, 2.24) is 19.8 Å². The lowest BCUT2D eigenvalue weighted by Gasteiger charge is -2.28. The molecule has 2 fully saturated rings. The first-order valence-corrected chi connectivity index (χ1v) is 18.3. The second-order valence-corrected chi connectivity index (χ2v) is 14.9. The number of aryl methyl sites for hydroxylation is 1. The number of ether oxygens (including phenoxy) is 1. The Bertz CT molecular complexity index is 1980. The largest absolute Gasteiger partial charge is 0.439 e. The van der Waals surface area contributed by atoms with Gasteiger partial charge in [-0.2, -0.15) is 4.31 Å². The highest BCUT2D eigenvalue weighted by molar-refractivity contribution is 7.89. The molecule has 6 rings (SSSR count). The van der Waals surface area contributed by atoms with Crippen molar-refractivity contribution in [2.24, 2.45) is 17.6 Å². The topological polar surface area (TPSA) is 190 Å². The molecule has 14 heteroatoms. The van der Waals surface area contributed by atoms with Gasteiger partial charge in [-0.25, -0.2) is 13.2 Å². The molecule has 1 saturated carbocycles. The van der Waals surface area contributed by atoms with Gasteiger partial charge in [0.25, 0.3) is 0 Å². The Hall–Kier alpha value is -4.63. The molecule has 264 valence electrons. The molecule has 50 heavy (non-hydrogen) atoms. The molecule has 0 radical (unpaired) electrons. The monoisotopic (exact) mass is 702 g/mol. The highest BCUT2D eigenvalue weighted by Gasteiger charge is 2.30. The number of H-pyrrole nitrogens is 1. The van der Waals surface area contributed by atoms with E-state index in [1.54, 1.807) is 42.5 Å². The molecule has 0 spiro atoms. The molecule has 4 aromatic rings. The fourth-order valence-corrected chi connectivity index (χ4v) is 8.00. The maximum atomic E-state index is 13.8. The van der Waals surface area contributed by atoms with Crippen LogP contribution in [0.25, 0.3) is 22.5 Å². The Kier molecular flexibility index (Phi) is 10.9. The van der Waals surface area contributed by atoms with Crippen LogP contribution in [0, 0.1) is 18.8 Å². The molecule has 5 N–H and O–H groups in total. The van der Waals surface area contributed by atoms with Gasteiger partial charge in [-0.15, -0.1) is 0 Å². The average Bonchev–Trinajstić information content (AvgIpc) is 3.58. The molecule has 0 bridgehead atoms. The smallest absolute Gasteiger partial charge is 0.379 e. The number of hydrogen-bond donors (Lipinski definition) is 4. The lowest BCUT2D eigenvalue weighted by molar-refractivity contribution is -0.130. The molecule has 1 aliphatic heterocycles. The van der Waals surface area contributed by atoms with Gasteiger partial charge < -0.3 is 21.1 Å². The van der Waals surface area contributed by atoms with Gasteiger partial charge >= 0.3 is 5.76 Å². The molecule has 0 unspecified atom stereocenters. The van der Waals surface area contributed by atoms with Crippen molar-refractivity contribution in [2.75, 3.05) is 38.2 Å². The summed E-state index contributed by atoms with van der Waals surface area (Å²) in [5.74, 6) is -0.762. The maximum absolute atomic E-state index is 13.8. The van der Waals surface area contributed by atoms with Crippen LogP contribution in [0.15, 0.2) is 80.9 Å². The van der Waals surface area contributed by atoms with E-state index in [9.17, 15) is 22.8 Å². The summed E-state index contributed by atoms with van der Waals surface area (Å²) < 4.78 is 38.2. The van der Waals surface area contributed by atoms with Gasteiger partial charge in [0.1, 0.15) is 6.04 Å². The summed E-state index contributed by atoms with van der Waals surface area (Å²) in [6, 6.07) is 18.5. The van der Waals surface area contributed by atoms with E-state index in [1.165, 1.54) is 4.31 Å². The number of sulfonamides is 1. The molecule has 2 aliphatic rings. The summed E-state index contributed by atoms with van der Waals surface area (Å²) in [5.41, 5.74) is 10.2. The quantitative estimate of drug-likeness (QED) is 0.181. The maximum Gasteiger partial charge on any atom is 0.439 e. The zero-order chi connectivity index (χ0) is 35.3. The molecule has 2 heterocycles. The Morgan fingerprint density at radius 1 is 1.00 bits per heavy atom. The summed E-state index contributed by atoms with van der Waals surface area (Å²) >= 11 is 0. The Morgan fingerprint density at radius 2 is 1.74 bits per heavy atom. The summed E-state index contributed by atoms with van der Waals surface area (Å²) in [6.07, 6.45) is 3.37. The molecule has 3 aromatic carbocycles. The van der Waals surface area contributed by atoms with Crippen LogP contribution in [0.1, 0.15) is 36.8 Å². The average molecular weight is 703 g/mol. The predicted octanol–water partition coefficient (Wildman–Crippen LogP) is 3.46. The molecule has 1 atom stereocenters. The van der Waals surface area contributed by atoms with Crippen LogP contribution in [-0.4, -0.2) is 73.6 Å². The number of nitrogens with one attached hydrogen (secondary N) is 3. The zero-order valence-corrected chi connectivity index (χ0v) is 28.7. The van der Waals surface area contributed by atoms with Crippen molar-refractivity contribution in [3.63, 3.8) is 0 Å². The van der Waals surface area contributed by atoms with E-state index in [4.69, 9.17) is 10.5 Å². The molecular weight excluding hydrogens is 660 g/mol. The van der Waals surface area contributed by atoms with E-state index in [-0.39, 0.29) is 29.0 Å². The van der Waals surface area contributed by atoms with Gasteiger partial charge in [0.15, 0.2) is 5.82 Å². The molecular formula is C36H42N6O7S. The van der Waals surface area contributed by atoms with Crippen LogP contribution in [0.3, 0.4) is 0 Å². The molecule has 1 aromatic heterocycles. The fraction of sp³-hybridized carbons (Fsp3) is 0.389. The van der Waals surface area contributed by atoms with Gasteiger partial charge in [-0.3, -0.25) is 19.1 Å². The number of carbonyl (C=O) groups excluding carboxylic acids is 2. The van der Waals surface area contributed by atoms with E-state index >= 15 is 0 Å². The number of nitrogens with zero attached hydrogens (tertiary/aromatic N) is 2. The highest BCUT2D eigenvalue weighted by atomic mass is 32.2. The summed E-state index contributed by atoms with van der Waals surface area (Å²) in [7, 11) is -3.70. The van der Waals surface area contributed by atoms with Crippen molar-refractivity contribution >= 4 is 27.5 Å².